The first-order valence-corrected chi connectivity index (χ1v) is 10.2. The number of fused-ring (bicyclic) bond motifs is 1. The Kier molecular flexibility index (Phi) is 6.08. The zero-order valence-electron chi connectivity index (χ0n) is 16.1. The average molecular weight is 472 g/mol. The van der Waals surface area contributed by atoms with Crippen molar-refractivity contribution in [3.8, 4) is 17.2 Å². The summed E-state index contributed by atoms with van der Waals surface area (Å²) in [6, 6.07) is 17.3. The van der Waals surface area contributed by atoms with Gasteiger partial charge in [-0.15, -0.1) is 0 Å². The Hall–Kier alpha value is -3.13. The second-order valence-electron chi connectivity index (χ2n) is 6.44. The largest absolute Gasteiger partial charge is 0.496 e. The number of aromatic nitrogens is 1. The Morgan fingerprint density at radius 1 is 1.06 bits per heavy atom. The lowest BCUT2D eigenvalue weighted by atomic mass is 10.2. The van der Waals surface area contributed by atoms with Gasteiger partial charge in [-0.2, -0.15) is 0 Å². The summed E-state index contributed by atoms with van der Waals surface area (Å²) >= 11 is 17.3. The molecule has 4 rings (SSSR count). The van der Waals surface area contributed by atoms with Gasteiger partial charge in [-0.3, -0.25) is 10.1 Å². The standard InChI is InChI=1S/C22H15Cl2N3O3S/c1-29-18-5-3-2-4-14(18)20(28)27-22(31)25-13-7-9-19-17(11-13)26-21(30-19)12-6-8-15(23)16(24)10-12/h2-11H,1H3,(H2,25,27,28,31). The molecular formula is C22H15Cl2N3O3S. The highest BCUT2D eigenvalue weighted by Crippen LogP contribution is 2.30. The van der Waals surface area contributed by atoms with Gasteiger partial charge < -0.3 is 14.5 Å². The number of carbonyl (C=O) groups is 1. The van der Waals surface area contributed by atoms with Crippen molar-refractivity contribution in [2.24, 2.45) is 0 Å². The fourth-order valence-corrected chi connectivity index (χ4v) is 3.43. The number of oxazole rings is 1. The number of rotatable bonds is 4. The summed E-state index contributed by atoms with van der Waals surface area (Å²) in [5.41, 5.74) is 2.94. The van der Waals surface area contributed by atoms with E-state index in [0.717, 1.165) is 0 Å². The fraction of sp³-hybridized carbons (Fsp3) is 0.0455. The molecule has 0 aliphatic carbocycles. The molecule has 0 aliphatic rings. The van der Waals surface area contributed by atoms with Crippen LogP contribution in [0.5, 0.6) is 5.75 Å². The maximum absolute atomic E-state index is 12.5. The van der Waals surface area contributed by atoms with Crippen molar-refractivity contribution in [3.63, 3.8) is 0 Å². The molecule has 0 saturated heterocycles. The van der Waals surface area contributed by atoms with Gasteiger partial charge in [-0.05, 0) is 60.7 Å². The summed E-state index contributed by atoms with van der Waals surface area (Å²) in [5, 5.41) is 6.63. The Bertz CT molecular complexity index is 1310. The van der Waals surface area contributed by atoms with Gasteiger partial charge in [-0.1, -0.05) is 35.3 Å². The van der Waals surface area contributed by atoms with Crippen LogP contribution < -0.4 is 15.4 Å². The zero-order chi connectivity index (χ0) is 22.0. The van der Waals surface area contributed by atoms with Crippen LogP contribution >= 0.6 is 35.4 Å². The zero-order valence-corrected chi connectivity index (χ0v) is 18.4. The van der Waals surface area contributed by atoms with Crippen LogP contribution in [-0.2, 0) is 0 Å². The average Bonchev–Trinajstić information content (AvgIpc) is 3.19. The van der Waals surface area contributed by atoms with E-state index in [1.807, 2.05) is 0 Å². The molecule has 0 bridgehead atoms. The first-order valence-electron chi connectivity index (χ1n) is 9.06. The predicted octanol–water partition coefficient (Wildman–Crippen LogP) is 5.94. The Morgan fingerprint density at radius 3 is 2.65 bits per heavy atom. The first-order chi connectivity index (χ1) is 14.9. The summed E-state index contributed by atoms with van der Waals surface area (Å²) in [7, 11) is 1.50. The van der Waals surface area contributed by atoms with E-state index < -0.39 is 0 Å². The molecule has 3 aromatic carbocycles. The number of anilines is 1. The number of nitrogens with one attached hydrogen (secondary N) is 2. The van der Waals surface area contributed by atoms with E-state index in [4.69, 9.17) is 44.6 Å². The highest BCUT2D eigenvalue weighted by atomic mass is 35.5. The van der Waals surface area contributed by atoms with Gasteiger partial charge in [0.05, 0.1) is 22.7 Å². The molecule has 0 atom stereocenters. The van der Waals surface area contributed by atoms with Crippen molar-refractivity contribution in [2.45, 2.75) is 0 Å². The van der Waals surface area contributed by atoms with Gasteiger partial charge in [-0.25, -0.2) is 4.98 Å². The molecule has 31 heavy (non-hydrogen) atoms. The summed E-state index contributed by atoms with van der Waals surface area (Å²) < 4.78 is 11.0. The van der Waals surface area contributed by atoms with Crippen molar-refractivity contribution in [1.82, 2.24) is 10.3 Å². The molecule has 0 aliphatic heterocycles. The monoisotopic (exact) mass is 471 g/mol. The smallest absolute Gasteiger partial charge is 0.261 e. The number of para-hydroxylation sites is 1. The normalized spacial score (nSPS) is 10.7. The van der Waals surface area contributed by atoms with Gasteiger partial charge in [0, 0.05) is 11.3 Å². The predicted molar refractivity (Wildman–Crippen MR) is 126 cm³/mol. The maximum atomic E-state index is 12.5. The number of hydrogen-bond acceptors (Lipinski definition) is 5. The van der Waals surface area contributed by atoms with Crippen molar-refractivity contribution >= 4 is 63.2 Å². The molecular weight excluding hydrogens is 457 g/mol. The highest BCUT2D eigenvalue weighted by Gasteiger charge is 2.14. The van der Waals surface area contributed by atoms with E-state index in [9.17, 15) is 4.79 Å². The van der Waals surface area contributed by atoms with Gasteiger partial charge in [0.15, 0.2) is 10.7 Å². The Morgan fingerprint density at radius 2 is 1.87 bits per heavy atom. The molecule has 1 aromatic heterocycles. The third-order valence-corrected chi connectivity index (χ3v) is 5.33. The van der Waals surface area contributed by atoms with Crippen LogP contribution in [0.2, 0.25) is 10.0 Å². The van der Waals surface area contributed by atoms with E-state index in [-0.39, 0.29) is 11.0 Å². The number of methoxy groups -OCH3 is 1. The van der Waals surface area contributed by atoms with Crippen LogP contribution in [0.4, 0.5) is 5.69 Å². The summed E-state index contributed by atoms with van der Waals surface area (Å²) in [6.45, 7) is 0. The van der Waals surface area contributed by atoms with Gasteiger partial charge in [0.2, 0.25) is 5.89 Å². The first kappa shape index (κ1) is 21.1. The number of thiocarbonyl (C=S) groups is 1. The number of carbonyl (C=O) groups excluding carboxylic acids is 1. The molecule has 2 N–H and O–H groups in total. The van der Waals surface area contributed by atoms with Crippen LogP contribution in [0.15, 0.2) is 65.1 Å². The molecule has 6 nitrogen and oxygen atoms in total. The van der Waals surface area contributed by atoms with Crippen molar-refractivity contribution in [3.05, 3.63) is 76.3 Å². The second kappa shape index (κ2) is 8.93. The van der Waals surface area contributed by atoms with Gasteiger partial charge in [0.1, 0.15) is 11.3 Å². The van der Waals surface area contributed by atoms with Crippen LogP contribution in [-0.4, -0.2) is 23.1 Å². The van der Waals surface area contributed by atoms with Crippen molar-refractivity contribution in [1.29, 1.82) is 0 Å². The number of amides is 1. The SMILES string of the molecule is COc1ccccc1C(=O)NC(=S)Nc1ccc2oc(-c3ccc(Cl)c(Cl)c3)nc2c1. The molecule has 0 saturated carbocycles. The molecule has 156 valence electrons. The number of nitrogens with zero attached hydrogens (tertiary/aromatic N) is 1. The summed E-state index contributed by atoms with van der Waals surface area (Å²) in [6.07, 6.45) is 0. The lowest BCUT2D eigenvalue weighted by Gasteiger charge is -2.11. The number of hydrogen-bond donors (Lipinski definition) is 2. The lowest BCUT2D eigenvalue weighted by Crippen LogP contribution is -2.34. The number of ether oxygens (including phenoxy) is 1. The van der Waals surface area contributed by atoms with Crippen LogP contribution in [0.25, 0.3) is 22.6 Å². The highest BCUT2D eigenvalue weighted by molar-refractivity contribution is 7.80. The van der Waals surface area contributed by atoms with E-state index in [1.54, 1.807) is 60.7 Å². The molecule has 4 aromatic rings. The molecule has 0 spiro atoms. The third kappa shape index (κ3) is 4.64. The van der Waals surface area contributed by atoms with Gasteiger partial charge in [0.25, 0.3) is 5.91 Å². The Labute approximate surface area is 193 Å². The summed E-state index contributed by atoms with van der Waals surface area (Å²) in [4.78, 5) is 17.0. The topological polar surface area (TPSA) is 76.4 Å². The lowest BCUT2D eigenvalue weighted by molar-refractivity contribution is 0.0975. The van der Waals surface area contributed by atoms with E-state index in [0.29, 0.717) is 49.6 Å². The van der Waals surface area contributed by atoms with E-state index in [1.165, 1.54) is 7.11 Å². The quantitative estimate of drug-likeness (QED) is 0.358. The molecule has 1 heterocycles. The van der Waals surface area contributed by atoms with Crippen molar-refractivity contribution in [2.75, 3.05) is 12.4 Å². The van der Waals surface area contributed by atoms with E-state index in [2.05, 4.69) is 15.6 Å². The minimum Gasteiger partial charge on any atom is -0.496 e. The van der Waals surface area contributed by atoms with Gasteiger partial charge >= 0.3 is 0 Å². The molecule has 9 heteroatoms. The second-order valence-corrected chi connectivity index (χ2v) is 7.66. The minimum absolute atomic E-state index is 0.142. The van der Waals surface area contributed by atoms with Crippen LogP contribution in [0.3, 0.4) is 0 Å². The molecule has 0 unspecified atom stereocenters. The molecule has 1 amide bonds. The minimum atomic E-state index is -0.376. The molecule has 0 fully saturated rings. The number of benzene rings is 3. The third-order valence-electron chi connectivity index (χ3n) is 4.39. The Balaban J connectivity index is 1.50. The van der Waals surface area contributed by atoms with Crippen LogP contribution in [0.1, 0.15) is 10.4 Å². The number of halogens is 2. The van der Waals surface area contributed by atoms with Crippen LogP contribution in [0, 0.1) is 0 Å². The summed E-state index contributed by atoms with van der Waals surface area (Å²) in [5.74, 6) is 0.499. The fourth-order valence-electron chi connectivity index (χ4n) is 2.92. The van der Waals surface area contributed by atoms with E-state index >= 15 is 0 Å². The maximum Gasteiger partial charge on any atom is 0.261 e. The molecule has 0 radical (unpaired) electrons. The van der Waals surface area contributed by atoms with Crippen molar-refractivity contribution < 1.29 is 13.9 Å².